The summed E-state index contributed by atoms with van der Waals surface area (Å²) in [7, 11) is 0. The van der Waals surface area contributed by atoms with Crippen LogP contribution < -0.4 is 5.32 Å². The van der Waals surface area contributed by atoms with Crippen molar-refractivity contribution in [1.29, 1.82) is 0 Å². The Balaban J connectivity index is 1.32. The number of H-pyrrole nitrogens is 1. The standard InChI is InChI=1S/C27H31N5O2/c1-20-23(17-29-30-20)16-28-25(33)15-27(32-19-22-9-5-6-10-24(22)26(32)34)11-13-31(14-12-27)18-21-7-3-2-4-8-21/h2-10,17H,11-16,18-19H2,1H3,(H,28,33)(H,29,30). The Morgan fingerprint density at radius 1 is 1.09 bits per heavy atom. The fourth-order valence-electron chi connectivity index (χ4n) is 5.26. The molecule has 34 heavy (non-hydrogen) atoms. The molecule has 2 aliphatic rings. The van der Waals surface area contributed by atoms with Gasteiger partial charge < -0.3 is 10.2 Å². The minimum Gasteiger partial charge on any atom is -0.352 e. The van der Waals surface area contributed by atoms with Crippen molar-refractivity contribution in [2.75, 3.05) is 13.1 Å². The largest absolute Gasteiger partial charge is 0.352 e. The van der Waals surface area contributed by atoms with Gasteiger partial charge in [0.05, 0.1) is 18.2 Å². The fourth-order valence-corrected chi connectivity index (χ4v) is 5.26. The molecule has 3 heterocycles. The summed E-state index contributed by atoms with van der Waals surface area (Å²) in [4.78, 5) is 30.9. The highest BCUT2D eigenvalue weighted by Gasteiger charge is 2.46. The van der Waals surface area contributed by atoms with E-state index in [1.807, 2.05) is 42.2 Å². The molecule has 7 nitrogen and oxygen atoms in total. The van der Waals surface area contributed by atoms with Gasteiger partial charge in [0.1, 0.15) is 0 Å². The van der Waals surface area contributed by atoms with E-state index in [0.717, 1.165) is 54.9 Å². The molecule has 176 valence electrons. The minimum atomic E-state index is -0.487. The SMILES string of the molecule is Cc1[nH]ncc1CNC(=O)CC1(N2Cc3ccccc3C2=O)CCN(Cc2ccccc2)CC1. The van der Waals surface area contributed by atoms with Crippen molar-refractivity contribution in [3.05, 3.63) is 88.7 Å². The van der Waals surface area contributed by atoms with E-state index in [9.17, 15) is 9.59 Å². The molecule has 1 saturated heterocycles. The Morgan fingerprint density at radius 2 is 1.82 bits per heavy atom. The number of aryl methyl sites for hydroxylation is 1. The molecule has 7 heteroatoms. The van der Waals surface area contributed by atoms with Gasteiger partial charge in [0.15, 0.2) is 0 Å². The number of hydrogen-bond acceptors (Lipinski definition) is 4. The van der Waals surface area contributed by atoms with Crippen molar-refractivity contribution in [3.8, 4) is 0 Å². The molecule has 1 fully saturated rings. The average Bonchev–Trinajstić information content (AvgIpc) is 3.43. The van der Waals surface area contributed by atoms with E-state index in [1.54, 1.807) is 6.20 Å². The first-order valence-corrected chi connectivity index (χ1v) is 12.0. The summed E-state index contributed by atoms with van der Waals surface area (Å²) < 4.78 is 0. The van der Waals surface area contributed by atoms with Crippen molar-refractivity contribution in [3.63, 3.8) is 0 Å². The first-order chi connectivity index (χ1) is 16.5. The maximum atomic E-state index is 13.4. The third-order valence-electron chi connectivity index (χ3n) is 7.33. The van der Waals surface area contributed by atoms with Crippen molar-refractivity contribution >= 4 is 11.8 Å². The fraction of sp³-hybridized carbons (Fsp3) is 0.370. The zero-order chi connectivity index (χ0) is 23.5. The van der Waals surface area contributed by atoms with Crippen LogP contribution >= 0.6 is 0 Å². The molecule has 1 aromatic heterocycles. The Bertz CT molecular complexity index is 1160. The molecule has 0 saturated carbocycles. The Morgan fingerprint density at radius 3 is 2.53 bits per heavy atom. The van der Waals surface area contributed by atoms with E-state index >= 15 is 0 Å². The van der Waals surface area contributed by atoms with Gasteiger partial charge in [-0.3, -0.25) is 19.6 Å². The number of benzene rings is 2. The van der Waals surface area contributed by atoms with Gasteiger partial charge >= 0.3 is 0 Å². The van der Waals surface area contributed by atoms with E-state index in [4.69, 9.17) is 0 Å². The first kappa shape index (κ1) is 22.3. The van der Waals surface area contributed by atoms with Crippen LogP contribution in [0.4, 0.5) is 0 Å². The number of aromatic nitrogens is 2. The van der Waals surface area contributed by atoms with E-state index in [0.29, 0.717) is 19.5 Å². The average molecular weight is 458 g/mol. The zero-order valence-electron chi connectivity index (χ0n) is 19.6. The number of carbonyl (C=O) groups excluding carboxylic acids is 2. The highest BCUT2D eigenvalue weighted by atomic mass is 16.2. The van der Waals surface area contributed by atoms with E-state index in [-0.39, 0.29) is 11.8 Å². The molecule has 2 aromatic carbocycles. The van der Waals surface area contributed by atoms with Crippen molar-refractivity contribution < 1.29 is 9.59 Å². The number of aromatic amines is 1. The number of likely N-dealkylation sites (tertiary alicyclic amines) is 1. The van der Waals surface area contributed by atoms with Gasteiger partial charge in [0, 0.05) is 49.5 Å². The van der Waals surface area contributed by atoms with Crippen molar-refractivity contribution in [2.45, 2.75) is 51.4 Å². The molecule has 3 aromatic rings. The number of piperidine rings is 1. The number of amides is 2. The summed E-state index contributed by atoms with van der Waals surface area (Å²) in [5, 5.41) is 10.00. The molecule has 5 rings (SSSR count). The molecular weight excluding hydrogens is 426 g/mol. The summed E-state index contributed by atoms with van der Waals surface area (Å²) in [6.07, 6.45) is 3.60. The lowest BCUT2D eigenvalue weighted by molar-refractivity contribution is -0.125. The molecule has 0 bridgehead atoms. The van der Waals surface area contributed by atoms with E-state index in [2.05, 4.69) is 44.7 Å². The van der Waals surface area contributed by atoms with Crippen LogP contribution in [0.25, 0.3) is 0 Å². The van der Waals surface area contributed by atoms with Crippen LogP contribution in [0.3, 0.4) is 0 Å². The molecule has 0 aliphatic carbocycles. The summed E-state index contributed by atoms with van der Waals surface area (Å²) >= 11 is 0. The maximum absolute atomic E-state index is 13.4. The second kappa shape index (κ2) is 9.43. The number of fused-ring (bicyclic) bond motifs is 1. The van der Waals surface area contributed by atoms with Gasteiger partial charge in [-0.05, 0) is 37.0 Å². The summed E-state index contributed by atoms with van der Waals surface area (Å²) in [5.74, 6) is 0.0199. The monoisotopic (exact) mass is 457 g/mol. The van der Waals surface area contributed by atoms with Crippen LogP contribution in [0, 0.1) is 6.92 Å². The van der Waals surface area contributed by atoms with Crippen molar-refractivity contribution in [2.24, 2.45) is 0 Å². The van der Waals surface area contributed by atoms with Crippen LogP contribution in [-0.2, 0) is 24.4 Å². The number of hydrogen-bond donors (Lipinski definition) is 2. The topological polar surface area (TPSA) is 81.3 Å². The molecule has 0 unspecified atom stereocenters. The number of nitrogens with zero attached hydrogens (tertiary/aromatic N) is 3. The van der Waals surface area contributed by atoms with Gasteiger partial charge in [-0.1, -0.05) is 48.5 Å². The van der Waals surface area contributed by atoms with Gasteiger partial charge in [-0.2, -0.15) is 5.10 Å². The molecule has 2 N–H and O–H groups in total. The van der Waals surface area contributed by atoms with Gasteiger partial charge in [-0.25, -0.2) is 0 Å². The Hall–Kier alpha value is -3.45. The molecule has 2 aliphatic heterocycles. The summed E-state index contributed by atoms with van der Waals surface area (Å²) in [6.45, 7) is 5.54. The smallest absolute Gasteiger partial charge is 0.254 e. The normalized spacial score (nSPS) is 17.6. The highest BCUT2D eigenvalue weighted by Crippen LogP contribution is 2.38. The van der Waals surface area contributed by atoms with Crippen LogP contribution in [0.1, 0.15) is 52.0 Å². The Labute approximate surface area is 200 Å². The van der Waals surface area contributed by atoms with E-state index < -0.39 is 5.54 Å². The Kier molecular flexibility index (Phi) is 6.20. The third kappa shape index (κ3) is 4.48. The van der Waals surface area contributed by atoms with Gasteiger partial charge in [0.25, 0.3) is 5.91 Å². The second-order valence-electron chi connectivity index (χ2n) is 9.51. The quantitative estimate of drug-likeness (QED) is 0.570. The minimum absolute atomic E-state index is 0.0270. The predicted octanol–water partition coefficient (Wildman–Crippen LogP) is 3.42. The van der Waals surface area contributed by atoms with Crippen LogP contribution in [-0.4, -0.2) is 50.4 Å². The molecular formula is C27H31N5O2. The number of carbonyl (C=O) groups is 2. The molecule has 0 atom stereocenters. The second-order valence-corrected chi connectivity index (χ2v) is 9.51. The van der Waals surface area contributed by atoms with E-state index in [1.165, 1.54) is 5.56 Å². The predicted molar refractivity (Wildman–Crippen MR) is 130 cm³/mol. The number of rotatable bonds is 7. The lowest BCUT2D eigenvalue weighted by atomic mass is 9.82. The third-order valence-corrected chi connectivity index (χ3v) is 7.33. The zero-order valence-corrected chi connectivity index (χ0v) is 19.6. The highest BCUT2D eigenvalue weighted by molar-refractivity contribution is 5.99. The lowest BCUT2D eigenvalue weighted by Gasteiger charge is -2.47. The molecule has 2 amide bonds. The summed E-state index contributed by atoms with van der Waals surface area (Å²) in [6, 6.07) is 18.3. The lowest BCUT2D eigenvalue weighted by Crippen LogP contribution is -2.57. The first-order valence-electron chi connectivity index (χ1n) is 12.0. The number of nitrogens with one attached hydrogen (secondary N) is 2. The van der Waals surface area contributed by atoms with Gasteiger partial charge in [0.2, 0.25) is 5.91 Å². The molecule has 0 spiro atoms. The maximum Gasteiger partial charge on any atom is 0.254 e. The molecule has 0 radical (unpaired) electrons. The summed E-state index contributed by atoms with van der Waals surface area (Å²) in [5.41, 5.74) is 4.54. The van der Waals surface area contributed by atoms with Gasteiger partial charge in [-0.15, -0.1) is 0 Å². The van der Waals surface area contributed by atoms with Crippen LogP contribution in [0.5, 0.6) is 0 Å². The van der Waals surface area contributed by atoms with Crippen LogP contribution in [0.2, 0.25) is 0 Å². The van der Waals surface area contributed by atoms with Crippen LogP contribution in [0.15, 0.2) is 60.8 Å². The van der Waals surface area contributed by atoms with Crippen molar-refractivity contribution in [1.82, 2.24) is 25.3 Å².